The van der Waals surface area contributed by atoms with Crippen molar-refractivity contribution in [2.24, 2.45) is 0 Å². The van der Waals surface area contributed by atoms with Gasteiger partial charge in [0.1, 0.15) is 35.8 Å². The molecule has 0 aliphatic carbocycles. The summed E-state index contributed by atoms with van der Waals surface area (Å²) < 4.78 is 25.9. The van der Waals surface area contributed by atoms with Crippen molar-refractivity contribution >= 4 is 11.5 Å². The van der Waals surface area contributed by atoms with Gasteiger partial charge in [0.05, 0.1) is 5.69 Å². The van der Waals surface area contributed by atoms with E-state index in [4.69, 9.17) is 9.47 Å². The fourth-order valence-corrected chi connectivity index (χ4v) is 3.93. The van der Waals surface area contributed by atoms with Gasteiger partial charge in [-0.1, -0.05) is 18.2 Å². The standard InChI is InChI=1S/C27H29FN2O4/c1-20(31)21-7-12-27(26(28)17-21)30-15-13-29(14-16-30)18-22(32)19-33-23-8-10-25(11-9-23)34-24-5-3-2-4-6-24/h2-12,17,22,32H,13-16,18-19H2,1H3/t22-/m0/s1. The zero-order chi connectivity index (χ0) is 23.9. The number of carbonyl (C=O) groups excluding carboxylic acids is 1. The molecule has 1 saturated heterocycles. The number of hydrogen-bond donors (Lipinski definition) is 1. The summed E-state index contributed by atoms with van der Waals surface area (Å²) in [4.78, 5) is 15.5. The molecule has 0 aromatic heterocycles. The highest BCUT2D eigenvalue weighted by Crippen LogP contribution is 2.24. The molecule has 1 heterocycles. The topological polar surface area (TPSA) is 62.2 Å². The van der Waals surface area contributed by atoms with Crippen molar-refractivity contribution in [3.05, 3.63) is 84.2 Å². The van der Waals surface area contributed by atoms with Crippen molar-refractivity contribution in [2.75, 3.05) is 44.2 Å². The highest BCUT2D eigenvalue weighted by atomic mass is 19.1. The van der Waals surface area contributed by atoms with Gasteiger partial charge in [0.15, 0.2) is 5.78 Å². The lowest BCUT2D eigenvalue weighted by atomic mass is 10.1. The molecule has 1 N–H and O–H groups in total. The number of nitrogens with zero attached hydrogens (tertiary/aromatic N) is 2. The van der Waals surface area contributed by atoms with E-state index < -0.39 is 6.10 Å². The molecular weight excluding hydrogens is 435 g/mol. The first-order valence-corrected chi connectivity index (χ1v) is 11.4. The number of benzene rings is 3. The van der Waals surface area contributed by atoms with Crippen LogP contribution in [0.4, 0.5) is 10.1 Å². The Kier molecular flexibility index (Phi) is 7.77. The van der Waals surface area contributed by atoms with Crippen molar-refractivity contribution in [1.82, 2.24) is 4.90 Å². The first kappa shape index (κ1) is 23.7. The van der Waals surface area contributed by atoms with Gasteiger partial charge in [-0.15, -0.1) is 0 Å². The van der Waals surface area contributed by atoms with E-state index in [0.717, 1.165) is 5.75 Å². The number of halogens is 1. The molecule has 1 aliphatic heterocycles. The smallest absolute Gasteiger partial charge is 0.159 e. The van der Waals surface area contributed by atoms with Gasteiger partial charge < -0.3 is 19.5 Å². The van der Waals surface area contributed by atoms with E-state index in [2.05, 4.69) is 4.90 Å². The zero-order valence-corrected chi connectivity index (χ0v) is 19.2. The largest absolute Gasteiger partial charge is 0.491 e. The minimum atomic E-state index is -0.640. The van der Waals surface area contributed by atoms with Crippen LogP contribution in [0.5, 0.6) is 17.2 Å². The number of para-hydroxylation sites is 1. The van der Waals surface area contributed by atoms with Crippen molar-refractivity contribution in [2.45, 2.75) is 13.0 Å². The second kappa shape index (κ2) is 11.1. The summed E-state index contributed by atoms with van der Waals surface area (Å²) in [5.41, 5.74) is 0.884. The van der Waals surface area contributed by atoms with Crippen LogP contribution in [0, 0.1) is 5.82 Å². The molecule has 6 nitrogen and oxygen atoms in total. The van der Waals surface area contributed by atoms with Gasteiger partial charge in [-0.2, -0.15) is 0 Å². The second-order valence-corrected chi connectivity index (χ2v) is 8.36. The molecule has 0 amide bonds. The van der Waals surface area contributed by atoms with Crippen LogP contribution in [0.3, 0.4) is 0 Å². The lowest BCUT2D eigenvalue weighted by Crippen LogP contribution is -2.49. The predicted octanol–water partition coefficient (Wildman–Crippen LogP) is 4.38. The Bertz CT molecular complexity index is 1080. The summed E-state index contributed by atoms with van der Waals surface area (Å²) in [5.74, 6) is 1.61. The summed E-state index contributed by atoms with van der Waals surface area (Å²) in [7, 11) is 0. The predicted molar refractivity (Wildman–Crippen MR) is 130 cm³/mol. The van der Waals surface area contributed by atoms with Crippen LogP contribution in [-0.2, 0) is 0 Å². The monoisotopic (exact) mass is 464 g/mol. The Morgan fingerprint density at radius 1 is 0.941 bits per heavy atom. The van der Waals surface area contributed by atoms with Crippen molar-refractivity contribution in [1.29, 1.82) is 0 Å². The van der Waals surface area contributed by atoms with Crippen LogP contribution in [-0.4, -0.2) is 61.2 Å². The Balaban J connectivity index is 1.20. The number of aliphatic hydroxyl groups excluding tert-OH is 1. The lowest BCUT2D eigenvalue weighted by Gasteiger charge is -2.37. The molecule has 1 fully saturated rings. The third-order valence-corrected chi connectivity index (χ3v) is 5.78. The molecule has 34 heavy (non-hydrogen) atoms. The van der Waals surface area contributed by atoms with Gasteiger partial charge in [0, 0.05) is 38.3 Å². The molecule has 0 spiro atoms. The van der Waals surface area contributed by atoms with Gasteiger partial charge in [-0.25, -0.2) is 4.39 Å². The number of hydrogen-bond acceptors (Lipinski definition) is 6. The number of Topliss-reactive ketones (excluding diaryl/α,β-unsaturated/α-hetero) is 1. The van der Waals surface area contributed by atoms with Gasteiger partial charge in [-0.3, -0.25) is 9.69 Å². The Hall–Kier alpha value is -3.42. The van der Waals surface area contributed by atoms with E-state index in [1.807, 2.05) is 59.5 Å². The normalized spacial score (nSPS) is 15.1. The van der Waals surface area contributed by atoms with Crippen LogP contribution in [0.15, 0.2) is 72.8 Å². The lowest BCUT2D eigenvalue weighted by molar-refractivity contribution is 0.0662. The maximum atomic E-state index is 14.4. The molecule has 0 radical (unpaired) electrons. The minimum Gasteiger partial charge on any atom is -0.491 e. The molecule has 3 aromatic carbocycles. The summed E-state index contributed by atoms with van der Waals surface area (Å²) >= 11 is 0. The summed E-state index contributed by atoms with van der Waals surface area (Å²) in [6, 6.07) is 21.5. The SMILES string of the molecule is CC(=O)c1ccc(N2CCN(C[C@H](O)COc3ccc(Oc4ccccc4)cc3)CC2)c(F)c1. The second-order valence-electron chi connectivity index (χ2n) is 8.36. The Labute approximate surface area is 199 Å². The van der Waals surface area contributed by atoms with E-state index in [1.54, 1.807) is 12.1 Å². The molecule has 178 valence electrons. The van der Waals surface area contributed by atoms with Gasteiger partial charge in [0.2, 0.25) is 0 Å². The number of aliphatic hydroxyl groups is 1. The molecule has 0 bridgehead atoms. The van der Waals surface area contributed by atoms with E-state index >= 15 is 0 Å². The Morgan fingerprint density at radius 3 is 2.24 bits per heavy atom. The van der Waals surface area contributed by atoms with E-state index in [-0.39, 0.29) is 18.2 Å². The fourth-order valence-electron chi connectivity index (χ4n) is 3.93. The molecule has 1 aliphatic rings. The van der Waals surface area contributed by atoms with Gasteiger partial charge >= 0.3 is 0 Å². The zero-order valence-electron chi connectivity index (χ0n) is 19.2. The first-order valence-electron chi connectivity index (χ1n) is 11.4. The van der Waals surface area contributed by atoms with E-state index in [9.17, 15) is 14.3 Å². The van der Waals surface area contributed by atoms with E-state index in [0.29, 0.717) is 55.5 Å². The number of β-amino-alcohol motifs (C(OH)–C–C–N with tert-alkyl or cyclic N) is 1. The van der Waals surface area contributed by atoms with Crippen LogP contribution >= 0.6 is 0 Å². The maximum Gasteiger partial charge on any atom is 0.159 e. The highest BCUT2D eigenvalue weighted by Gasteiger charge is 2.22. The number of piperazine rings is 1. The summed E-state index contributed by atoms with van der Waals surface area (Å²) in [5, 5.41) is 10.4. The number of carbonyl (C=O) groups is 1. The van der Waals surface area contributed by atoms with Crippen LogP contribution in [0.1, 0.15) is 17.3 Å². The number of ether oxygens (including phenoxy) is 2. The number of rotatable bonds is 9. The molecule has 0 saturated carbocycles. The maximum absolute atomic E-state index is 14.4. The molecule has 1 atom stereocenters. The summed E-state index contributed by atoms with van der Waals surface area (Å²) in [6.07, 6.45) is -0.640. The third-order valence-electron chi connectivity index (χ3n) is 5.78. The van der Waals surface area contributed by atoms with Crippen LogP contribution in [0.2, 0.25) is 0 Å². The molecule has 0 unspecified atom stereocenters. The third kappa shape index (κ3) is 6.34. The van der Waals surface area contributed by atoms with Gasteiger partial charge in [-0.05, 0) is 61.5 Å². The summed E-state index contributed by atoms with van der Waals surface area (Å²) in [6.45, 7) is 4.79. The van der Waals surface area contributed by atoms with Crippen LogP contribution in [0.25, 0.3) is 0 Å². The Morgan fingerprint density at radius 2 is 1.59 bits per heavy atom. The number of anilines is 1. The molecule has 4 rings (SSSR count). The average molecular weight is 465 g/mol. The molecule has 3 aromatic rings. The van der Waals surface area contributed by atoms with Crippen molar-refractivity contribution in [3.8, 4) is 17.2 Å². The molecular formula is C27H29FN2O4. The first-order chi connectivity index (χ1) is 16.5. The molecule has 7 heteroatoms. The highest BCUT2D eigenvalue weighted by molar-refractivity contribution is 5.94. The fraction of sp³-hybridized carbons (Fsp3) is 0.296. The number of ketones is 1. The average Bonchev–Trinajstić information content (AvgIpc) is 2.85. The van der Waals surface area contributed by atoms with E-state index in [1.165, 1.54) is 13.0 Å². The van der Waals surface area contributed by atoms with Crippen molar-refractivity contribution in [3.63, 3.8) is 0 Å². The van der Waals surface area contributed by atoms with Crippen LogP contribution < -0.4 is 14.4 Å². The minimum absolute atomic E-state index is 0.150. The van der Waals surface area contributed by atoms with Crippen molar-refractivity contribution < 1.29 is 23.8 Å². The quantitative estimate of drug-likeness (QED) is 0.474. The van der Waals surface area contributed by atoms with Gasteiger partial charge in [0.25, 0.3) is 0 Å².